The number of hydrogen-bond donors (Lipinski definition) is 2. The second kappa shape index (κ2) is 4.04. The van der Waals surface area contributed by atoms with Crippen molar-refractivity contribution in [1.82, 2.24) is 15.7 Å². The van der Waals surface area contributed by atoms with Crippen LogP contribution in [0.4, 0.5) is 10.6 Å². The molecule has 6 heteroatoms. The molecular formula is C9H12N4O2. The lowest BCUT2D eigenvalue weighted by molar-refractivity contribution is 0.235. The summed E-state index contributed by atoms with van der Waals surface area (Å²) in [4.78, 5) is 15.3. The van der Waals surface area contributed by atoms with Crippen LogP contribution in [-0.4, -0.2) is 31.2 Å². The third-order valence-corrected chi connectivity index (χ3v) is 2.05. The van der Waals surface area contributed by atoms with Crippen LogP contribution in [0.1, 0.15) is 0 Å². The van der Waals surface area contributed by atoms with Crippen LogP contribution < -0.4 is 20.5 Å². The molecule has 6 nitrogen and oxygen atoms in total. The summed E-state index contributed by atoms with van der Waals surface area (Å²) >= 11 is 0. The number of carbonyl (C=O) groups is 1. The number of carbonyl (C=O) groups excluding carboxylic acids is 1. The Hall–Kier alpha value is -1.98. The van der Waals surface area contributed by atoms with Crippen LogP contribution in [0.25, 0.3) is 0 Å². The molecule has 80 valence electrons. The molecule has 2 heterocycles. The molecule has 0 spiro atoms. The molecule has 0 atom stereocenters. The second-order valence-electron chi connectivity index (χ2n) is 3.06. The molecule has 1 aromatic heterocycles. The minimum absolute atomic E-state index is 0.217. The first-order valence-corrected chi connectivity index (χ1v) is 4.62. The minimum Gasteiger partial charge on any atom is -0.481 e. The summed E-state index contributed by atoms with van der Waals surface area (Å²) < 4.78 is 5.01. The standard InChI is InChI=1S/C9H12N4O2/c1-15-8-4-2-3-7(11-8)13-6-5-10-9(14)12-13/h2-4H,5-6H2,1H3,(H2,10,12,14). The fraction of sp³-hybridized carbons (Fsp3) is 0.333. The molecule has 2 rings (SSSR count). The lowest BCUT2D eigenvalue weighted by Crippen LogP contribution is -2.56. The Balaban J connectivity index is 2.17. The van der Waals surface area contributed by atoms with Gasteiger partial charge < -0.3 is 10.1 Å². The molecule has 1 aliphatic heterocycles. The Kier molecular flexibility index (Phi) is 2.57. The van der Waals surface area contributed by atoms with Crippen LogP contribution in [0, 0.1) is 0 Å². The normalized spacial score (nSPS) is 15.5. The van der Waals surface area contributed by atoms with E-state index >= 15 is 0 Å². The molecule has 0 aromatic carbocycles. The fourth-order valence-corrected chi connectivity index (χ4v) is 1.34. The van der Waals surface area contributed by atoms with Crippen molar-refractivity contribution in [2.24, 2.45) is 0 Å². The summed E-state index contributed by atoms with van der Waals surface area (Å²) in [6, 6.07) is 5.18. The van der Waals surface area contributed by atoms with Crippen LogP contribution >= 0.6 is 0 Å². The maximum Gasteiger partial charge on any atom is 0.333 e. The van der Waals surface area contributed by atoms with Crippen LogP contribution in [-0.2, 0) is 0 Å². The van der Waals surface area contributed by atoms with Crippen molar-refractivity contribution in [1.29, 1.82) is 0 Å². The molecule has 0 aliphatic carbocycles. The Morgan fingerprint density at radius 3 is 3.13 bits per heavy atom. The van der Waals surface area contributed by atoms with Crippen molar-refractivity contribution in [3.63, 3.8) is 0 Å². The van der Waals surface area contributed by atoms with Crippen molar-refractivity contribution >= 4 is 11.8 Å². The van der Waals surface area contributed by atoms with Gasteiger partial charge in [-0.2, -0.15) is 4.98 Å². The van der Waals surface area contributed by atoms with Gasteiger partial charge in [-0.05, 0) is 6.07 Å². The van der Waals surface area contributed by atoms with Crippen molar-refractivity contribution in [2.75, 3.05) is 25.2 Å². The number of rotatable bonds is 2. The first-order chi connectivity index (χ1) is 7.29. The van der Waals surface area contributed by atoms with Gasteiger partial charge in [-0.15, -0.1) is 0 Å². The molecule has 15 heavy (non-hydrogen) atoms. The molecular weight excluding hydrogens is 196 g/mol. The fourth-order valence-electron chi connectivity index (χ4n) is 1.34. The molecule has 1 aliphatic rings. The predicted molar refractivity (Wildman–Crippen MR) is 54.7 cm³/mol. The number of pyridine rings is 1. The van der Waals surface area contributed by atoms with Gasteiger partial charge >= 0.3 is 6.03 Å². The smallest absolute Gasteiger partial charge is 0.333 e. The van der Waals surface area contributed by atoms with Gasteiger partial charge in [0.1, 0.15) is 0 Å². The highest BCUT2D eigenvalue weighted by Gasteiger charge is 2.16. The number of urea groups is 1. The summed E-state index contributed by atoms with van der Waals surface area (Å²) in [5, 5.41) is 4.34. The van der Waals surface area contributed by atoms with Gasteiger partial charge in [0, 0.05) is 12.6 Å². The summed E-state index contributed by atoms with van der Waals surface area (Å²) in [7, 11) is 1.56. The van der Waals surface area contributed by atoms with E-state index in [1.807, 2.05) is 12.1 Å². The zero-order chi connectivity index (χ0) is 10.7. The van der Waals surface area contributed by atoms with Gasteiger partial charge in [-0.3, -0.25) is 5.01 Å². The molecule has 1 fully saturated rings. The zero-order valence-corrected chi connectivity index (χ0v) is 8.36. The van der Waals surface area contributed by atoms with Crippen LogP contribution in [0.15, 0.2) is 18.2 Å². The summed E-state index contributed by atoms with van der Waals surface area (Å²) in [6.45, 7) is 1.27. The Labute approximate surface area is 87.2 Å². The van der Waals surface area contributed by atoms with E-state index in [0.29, 0.717) is 24.8 Å². The zero-order valence-electron chi connectivity index (χ0n) is 8.36. The first-order valence-electron chi connectivity index (χ1n) is 4.62. The van der Waals surface area contributed by atoms with Gasteiger partial charge in [-0.25, -0.2) is 10.2 Å². The summed E-state index contributed by atoms with van der Waals surface area (Å²) in [6.07, 6.45) is 0. The maximum absolute atomic E-state index is 11.1. The average Bonchev–Trinajstić information content (AvgIpc) is 2.29. The number of nitrogens with zero attached hydrogens (tertiary/aromatic N) is 2. The SMILES string of the molecule is COc1cccc(N2CCNC(=O)N2)n1. The van der Waals surface area contributed by atoms with Crippen molar-refractivity contribution in [2.45, 2.75) is 0 Å². The highest BCUT2D eigenvalue weighted by Crippen LogP contribution is 2.14. The van der Waals surface area contributed by atoms with Gasteiger partial charge in [-0.1, -0.05) is 6.07 Å². The topological polar surface area (TPSA) is 66.5 Å². The monoisotopic (exact) mass is 208 g/mol. The number of nitrogens with one attached hydrogen (secondary N) is 2. The molecule has 0 unspecified atom stereocenters. The summed E-state index contributed by atoms with van der Waals surface area (Å²) in [5.74, 6) is 1.20. The Morgan fingerprint density at radius 1 is 1.53 bits per heavy atom. The maximum atomic E-state index is 11.1. The summed E-state index contributed by atoms with van der Waals surface area (Å²) in [5.41, 5.74) is 2.65. The van der Waals surface area contributed by atoms with Crippen LogP contribution in [0.2, 0.25) is 0 Å². The third-order valence-electron chi connectivity index (χ3n) is 2.05. The van der Waals surface area contributed by atoms with Crippen molar-refractivity contribution < 1.29 is 9.53 Å². The average molecular weight is 208 g/mol. The van der Waals surface area contributed by atoms with E-state index in [4.69, 9.17) is 4.74 Å². The number of amides is 2. The Morgan fingerprint density at radius 2 is 2.40 bits per heavy atom. The number of ether oxygens (including phenoxy) is 1. The van der Waals surface area contributed by atoms with Gasteiger partial charge in [0.05, 0.1) is 13.7 Å². The number of anilines is 1. The van der Waals surface area contributed by atoms with Gasteiger partial charge in [0.15, 0.2) is 5.82 Å². The van der Waals surface area contributed by atoms with Crippen LogP contribution in [0.5, 0.6) is 5.88 Å². The lowest BCUT2D eigenvalue weighted by Gasteiger charge is -2.28. The number of aromatic nitrogens is 1. The molecule has 0 radical (unpaired) electrons. The van der Waals surface area contributed by atoms with Crippen molar-refractivity contribution in [3.05, 3.63) is 18.2 Å². The molecule has 0 bridgehead atoms. The van der Waals surface area contributed by atoms with E-state index in [9.17, 15) is 4.79 Å². The van der Waals surface area contributed by atoms with E-state index in [0.717, 1.165) is 0 Å². The highest BCUT2D eigenvalue weighted by atomic mass is 16.5. The quantitative estimate of drug-likeness (QED) is 0.724. The third kappa shape index (κ3) is 2.09. The van der Waals surface area contributed by atoms with E-state index in [-0.39, 0.29) is 6.03 Å². The predicted octanol–water partition coefficient (Wildman–Crippen LogP) is 0.124. The van der Waals surface area contributed by atoms with Crippen molar-refractivity contribution in [3.8, 4) is 5.88 Å². The number of methoxy groups -OCH3 is 1. The molecule has 1 aromatic rings. The second-order valence-corrected chi connectivity index (χ2v) is 3.06. The largest absolute Gasteiger partial charge is 0.481 e. The lowest BCUT2D eigenvalue weighted by atomic mass is 10.4. The van der Waals surface area contributed by atoms with Gasteiger partial charge in [0.25, 0.3) is 0 Å². The van der Waals surface area contributed by atoms with E-state index in [1.165, 1.54) is 0 Å². The van der Waals surface area contributed by atoms with E-state index < -0.39 is 0 Å². The Bertz CT molecular complexity index is 369. The van der Waals surface area contributed by atoms with Crippen LogP contribution in [0.3, 0.4) is 0 Å². The first kappa shape index (κ1) is 9.57. The molecule has 2 N–H and O–H groups in total. The van der Waals surface area contributed by atoms with E-state index in [2.05, 4.69) is 15.7 Å². The molecule has 2 amide bonds. The number of hydrogen-bond acceptors (Lipinski definition) is 4. The molecule has 1 saturated heterocycles. The van der Waals surface area contributed by atoms with Gasteiger partial charge in [0.2, 0.25) is 5.88 Å². The van der Waals surface area contributed by atoms with E-state index in [1.54, 1.807) is 18.2 Å². The highest BCUT2D eigenvalue weighted by molar-refractivity contribution is 5.76. The number of hydrazine groups is 1. The minimum atomic E-state index is -0.217. The molecule has 0 saturated carbocycles.